The van der Waals surface area contributed by atoms with Gasteiger partial charge in [0.1, 0.15) is 24.2 Å². The molecule has 2 unspecified atom stereocenters. The summed E-state index contributed by atoms with van der Waals surface area (Å²) in [5, 5.41) is 17.9. The number of aromatic amines is 1. The number of aromatic nitrogens is 4. The molecule has 3 aromatic rings. The number of hydrogen-bond acceptors (Lipinski definition) is 8. The molecule has 1 amide bonds. The molecule has 14 heteroatoms. The van der Waals surface area contributed by atoms with E-state index in [1.807, 2.05) is 4.90 Å². The maximum atomic E-state index is 14.5. The molecule has 5 aliphatic rings. The smallest absolute Gasteiger partial charge is 0.318 e. The van der Waals surface area contributed by atoms with E-state index in [2.05, 4.69) is 20.1 Å². The molecule has 4 atom stereocenters. The van der Waals surface area contributed by atoms with Crippen molar-refractivity contribution in [2.75, 3.05) is 42.6 Å². The molecule has 0 radical (unpaired) electrons. The van der Waals surface area contributed by atoms with E-state index < -0.39 is 35.6 Å². The average Bonchev–Trinajstić information content (AvgIpc) is 3.37. The number of alkyl halides is 3. The highest BCUT2D eigenvalue weighted by Crippen LogP contribution is 2.60. The molecule has 1 aromatic carbocycles. The summed E-state index contributed by atoms with van der Waals surface area (Å²) in [7, 11) is 0. The number of nitrogens with one attached hydrogen (secondary N) is 1. The zero-order valence-corrected chi connectivity index (χ0v) is 24.8. The topological polar surface area (TPSA) is 111 Å². The van der Waals surface area contributed by atoms with Gasteiger partial charge in [0.15, 0.2) is 0 Å². The Balaban J connectivity index is 1.20. The molecule has 2 aromatic heterocycles. The van der Waals surface area contributed by atoms with Crippen LogP contribution in [0.1, 0.15) is 72.5 Å². The van der Waals surface area contributed by atoms with Gasteiger partial charge >= 0.3 is 6.01 Å². The van der Waals surface area contributed by atoms with Gasteiger partial charge < -0.3 is 19.6 Å². The first-order valence-electron chi connectivity index (χ1n) is 15.3. The summed E-state index contributed by atoms with van der Waals surface area (Å²) in [5.41, 5.74) is 1.34. The number of amides is 1. The number of hydrogen-bond donors (Lipinski definition) is 2. The van der Waals surface area contributed by atoms with E-state index in [-0.39, 0.29) is 41.7 Å². The summed E-state index contributed by atoms with van der Waals surface area (Å²) in [6.45, 7) is 2.49. The number of aliphatic hydroxyl groups excluding tert-OH is 1. The number of aliphatic hydroxyl groups is 1. The number of ether oxygens (including phenoxy) is 1. The van der Waals surface area contributed by atoms with Gasteiger partial charge in [0, 0.05) is 48.4 Å². The number of benzene rings is 1. The summed E-state index contributed by atoms with van der Waals surface area (Å²) in [4.78, 5) is 29.3. The van der Waals surface area contributed by atoms with Gasteiger partial charge in [0.05, 0.1) is 47.2 Å². The Morgan fingerprint density at radius 1 is 1.16 bits per heavy atom. The Kier molecular flexibility index (Phi) is 6.55. The van der Waals surface area contributed by atoms with E-state index in [0.29, 0.717) is 73.4 Å². The Labute approximate surface area is 256 Å². The molecule has 0 bridgehead atoms. The van der Waals surface area contributed by atoms with Crippen molar-refractivity contribution in [1.82, 2.24) is 25.1 Å². The highest BCUT2D eigenvalue weighted by molar-refractivity contribution is 6.33. The van der Waals surface area contributed by atoms with Crippen molar-refractivity contribution in [3.8, 4) is 6.01 Å². The fourth-order valence-corrected chi connectivity index (χ4v) is 8.11. The number of carbonyl (C=O) groups excluding carboxylic acids is 1. The molecule has 8 rings (SSSR count). The van der Waals surface area contributed by atoms with Crippen molar-refractivity contribution >= 4 is 39.9 Å². The number of rotatable bonds is 6. The number of H-pyrrole nitrogens is 1. The zero-order chi connectivity index (χ0) is 30.4. The minimum absolute atomic E-state index is 0.00620. The molecule has 3 saturated heterocycles. The van der Waals surface area contributed by atoms with Crippen LogP contribution in [0.15, 0.2) is 12.3 Å². The van der Waals surface area contributed by atoms with Crippen LogP contribution < -0.4 is 14.5 Å². The predicted molar refractivity (Wildman–Crippen MR) is 157 cm³/mol. The molecule has 1 saturated carbocycles. The second kappa shape index (κ2) is 10.2. The fraction of sp³-hybridized carbons (Fsp3) is 0.600. The monoisotopic (exact) mass is 631 g/mol. The second-order valence-electron chi connectivity index (χ2n) is 12.9. The Bertz CT molecular complexity index is 1660. The van der Waals surface area contributed by atoms with E-state index in [4.69, 9.17) is 21.3 Å². The van der Waals surface area contributed by atoms with E-state index in [9.17, 15) is 23.1 Å². The van der Waals surface area contributed by atoms with Crippen LogP contribution in [0.4, 0.5) is 24.7 Å². The number of anilines is 2. The van der Waals surface area contributed by atoms with Crippen LogP contribution in [0.25, 0.3) is 10.9 Å². The maximum absolute atomic E-state index is 14.5. The third-order valence-corrected chi connectivity index (χ3v) is 10.4. The van der Waals surface area contributed by atoms with Crippen molar-refractivity contribution in [1.29, 1.82) is 0 Å². The molecule has 4 fully saturated rings. The zero-order valence-electron chi connectivity index (χ0n) is 24.0. The Morgan fingerprint density at radius 2 is 2.00 bits per heavy atom. The van der Waals surface area contributed by atoms with E-state index in [1.165, 1.54) is 11.1 Å². The molecule has 234 valence electrons. The molecule has 44 heavy (non-hydrogen) atoms. The number of halogens is 4. The van der Waals surface area contributed by atoms with Crippen molar-refractivity contribution in [3.05, 3.63) is 34.1 Å². The first kappa shape index (κ1) is 28.3. The van der Waals surface area contributed by atoms with Gasteiger partial charge in [-0.3, -0.25) is 14.8 Å². The fourth-order valence-electron chi connectivity index (χ4n) is 7.78. The van der Waals surface area contributed by atoms with Crippen LogP contribution in [-0.4, -0.2) is 92.6 Å². The normalized spacial score (nSPS) is 29.8. The summed E-state index contributed by atoms with van der Waals surface area (Å²) in [6, 6.07) is 1.66. The van der Waals surface area contributed by atoms with Crippen LogP contribution in [0.3, 0.4) is 0 Å². The molecule has 4 aliphatic heterocycles. The van der Waals surface area contributed by atoms with E-state index >= 15 is 0 Å². The van der Waals surface area contributed by atoms with Crippen molar-refractivity contribution in [2.45, 2.75) is 81.1 Å². The lowest BCUT2D eigenvalue weighted by Crippen LogP contribution is -2.43. The van der Waals surface area contributed by atoms with E-state index in [0.717, 1.165) is 19.4 Å². The van der Waals surface area contributed by atoms with Crippen LogP contribution in [0.5, 0.6) is 6.01 Å². The van der Waals surface area contributed by atoms with Gasteiger partial charge in [-0.15, -0.1) is 0 Å². The van der Waals surface area contributed by atoms with Gasteiger partial charge in [-0.2, -0.15) is 15.1 Å². The average molecular weight is 632 g/mol. The molecule has 6 heterocycles. The highest BCUT2D eigenvalue weighted by Gasteiger charge is 2.60. The van der Waals surface area contributed by atoms with Gasteiger partial charge in [0.25, 0.3) is 11.8 Å². The molecular weight excluding hydrogens is 599 g/mol. The quantitative estimate of drug-likeness (QED) is 0.406. The first-order valence-corrected chi connectivity index (χ1v) is 15.7. The van der Waals surface area contributed by atoms with Crippen LogP contribution in [0.2, 0.25) is 5.02 Å². The van der Waals surface area contributed by atoms with Gasteiger partial charge in [-0.25, -0.2) is 13.2 Å². The van der Waals surface area contributed by atoms with E-state index in [1.54, 1.807) is 6.07 Å². The molecule has 1 aliphatic carbocycles. The predicted octanol–water partition coefficient (Wildman–Crippen LogP) is 4.60. The summed E-state index contributed by atoms with van der Waals surface area (Å²) < 4.78 is 49.6. The van der Waals surface area contributed by atoms with Gasteiger partial charge in [-0.1, -0.05) is 11.6 Å². The number of carbonyl (C=O) groups is 1. The lowest BCUT2D eigenvalue weighted by atomic mass is 9.95. The largest absolute Gasteiger partial charge is 0.461 e. The molecule has 0 spiro atoms. The summed E-state index contributed by atoms with van der Waals surface area (Å²) >= 11 is 6.60. The summed E-state index contributed by atoms with van der Waals surface area (Å²) in [6.07, 6.45) is 3.84. The highest BCUT2D eigenvalue weighted by atomic mass is 35.5. The maximum Gasteiger partial charge on any atom is 0.318 e. The first-order chi connectivity index (χ1) is 21.1. The van der Waals surface area contributed by atoms with Crippen molar-refractivity contribution in [3.63, 3.8) is 0 Å². The Hall–Kier alpha value is -3.16. The van der Waals surface area contributed by atoms with Crippen LogP contribution in [-0.2, 0) is 6.54 Å². The molecular formula is C30H33ClF3N7O3. The van der Waals surface area contributed by atoms with Gasteiger partial charge in [0.2, 0.25) is 0 Å². The number of fused-ring (bicyclic) bond motifs is 3. The molecule has 10 nitrogen and oxygen atoms in total. The third-order valence-electron chi connectivity index (χ3n) is 10.1. The third kappa shape index (κ3) is 4.53. The SMILES string of the molecule is O=C1c2c(nc(OC[C@@]34CCCN3C[C@H](F)C4)nc2N2CCCC(O)CC2)CN1c1c(C2CC2(F)F)c(Cl)cc2[nH]ncc12. The van der Waals surface area contributed by atoms with Crippen molar-refractivity contribution < 1.29 is 27.8 Å². The minimum Gasteiger partial charge on any atom is -0.461 e. The van der Waals surface area contributed by atoms with Crippen LogP contribution >= 0.6 is 11.6 Å². The van der Waals surface area contributed by atoms with Gasteiger partial charge in [-0.05, 0) is 44.7 Å². The lowest BCUT2D eigenvalue weighted by Gasteiger charge is -2.31. The van der Waals surface area contributed by atoms with Crippen LogP contribution in [0, 0.1) is 0 Å². The minimum atomic E-state index is -2.92. The Morgan fingerprint density at radius 3 is 2.82 bits per heavy atom. The lowest BCUT2D eigenvalue weighted by molar-refractivity contribution is 0.0993. The number of nitrogens with zero attached hydrogens (tertiary/aromatic N) is 6. The van der Waals surface area contributed by atoms with Crippen molar-refractivity contribution in [2.24, 2.45) is 0 Å². The second-order valence-corrected chi connectivity index (χ2v) is 13.4. The summed E-state index contributed by atoms with van der Waals surface area (Å²) in [5.74, 6) is -4.06. The molecule has 2 N–H and O–H groups in total. The standard InChI is InChI=1S/C30H33ClF3N7O3/c31-20-9-21-18(12-35-38-21)25(23(20)19-11-30(19,33)34)41-14-22-24(27(41)43)26(39-6-1-3-17(42)4-8-39)37-28(36-22)44-15-29-5-2-7-40(29)13-16(32)10-29/h9,12,16-17,19,42H,1-8,10-11,13-15H2,(H,35,38)/t16-,17?,19?,29+/m1/s1.